The summed E-state index contributed by atoms with van der Waals surface area (Å²) in [6, 6.07) is -0.0345. The average molecular weight is 342 g/mol. The maximum absolute atomic E-state index is 11.9. The van der Waals surface area contributed by atoms with Crippen molar-refractivity contribution in [1.82, 2.24) is 15.6 Å². The van der Waals surface area contributed by atoms with E-state index in [-0.39, 0.29) is 42.9 Å². The van der Waals surface area contributed by atoms with E-state index in [1.54, 1.807) is 11.3 Å². The zero-order valence-corrected chi connectivity index (χ0v) is 14.0. The molecule has 2 N–H and O–H groups in total. The second kappa shape index (κ2) is 9.52. The fraction of sp³-hybridized carbons (Fsp3) is 0.667. The number of nitrogens with zero attached hydrogens (tertiary/aromatic N) is 1. The van der Waals surface area contributed by atoms with Crippen molar-refractivity contribution in [2.45, 2.75) is 32.4 Å². The van der Waals surface area contributed by atoms with Crippen LogP contribution in [0.3, 0.4) is 0 Å². The number of carbonyl (C=O) groups excluding carboxylic acids is 1. The number of nitrogens with one attached hydrogen (secondary N) is 2. The summed E-state index contributed by atoms with van der Waals surface area (Å²) in [7, 11) is 0. The first-order valence-electron chi connectivity index (χ1n) is 6.19. The SMILES string of the molecule is Cc1csc(C(C)NC(=O)CC2CNCCO2)n1.Cl.Cl. The fourth-order valence-corrected chi connectivity index (χ4v) is 2.69. The molecule has 0 radical (unpaired) electrons. The van der Waals surface area contributed by atoms with Gasteiger partial charge < -0.3 is 15.4 Å². The van der Waals surface area contributed by atoms with Crippen LogP contribution in [0.25, 0.3) is 0 Å². The van der Waals surface area contributed by atoms with Crippen LogP contribution in [0.4, 0.5) is 0 Å². The van der Waals surface area contributed by atoms with Crippen molar-refractivity contribution < 1.29 is 9.53 Å². The smallest absolute Gasteiger partial charge is 0.223 e. The summed E-state index contributed by atoms with van der Waals surface area (Å²) in [5.74, 6) is 0.0176. The van der Waals surface area contributed by atoms with Gasteiger partial charge in [-0.15, -0.1) is 36.2 Å². The summed E-state index contributed by atoms with van der Waals surface area (Å²) in [6.07, 6.45) is 0.394. The zero-order valence-electron chi connectivity index (χ0n) is 11.5. The monoisotopic (exact) mass is 341 g/mol. The molecule has 116 valence electrons. The third kappa shape index (κ3) is 5.93. The number of aromatic nitrogens is 1. The number of hydrogen-bond donors (Lipinski definition) is 2. The topological polar surface area (TPSA) is 63.2 Å². The first-order chi connectivity index (χ1) is 8.65. The molecule has 1 aliphatic heterocycles. The van der Waals surface area contributed by atoms with Crippen LogP contribution in [0.15, 0.2) is 5.38 Å². The van der Waals surface area contributed by atoms with Gasteiger partial charge in [0.25, 0.3) is 0 Å². The minimum absolute atomic E-state index is 0. The molecular formula is C12H21Cl2N3O2S. The number of carbonyl (C=O) groups is 1. The van der Waals surface area contributed by atoms with E-state index in [1.807, 2.05) is 19.2 Å². The standard InChI is InChI=1S/C12H19N3O2S.2ClH/c1-8-7-18-12(14-8)9(2)15-11(16)5-10-6-13-3-4-17-10;;/h7,9-10,13H,3-6H2,1-2H3,(H,15,16);2*1H. The molecule has 0 aliphatic carbocycles. The van der Waals surface area contributed by atoms with Crippen LogP contribution in [0.5, 0.6) is 0 Å². The maximum Gasteiger partial charge on any atom is 0.223 e. The normalized spacial score (nSPS) is 19.4. The summed E-state index contributed by atoms with van der Waals surface area (Å²) in [4.78, 5) is 16.2. The van der Waals surface area contributed by atoms with E-state index in [2.05, 4.69) is 15.6 Å². The summed E-state index contributed by atoms with van der Waals surface area (Å²) in [5, 5.41) is 9.11. The minimum Gasteiger partial charge on any atom is -0.375 e. The summed E-state index contributed by atoms with van der Waals surface area (Å²) in [6.45, 7) is 6.20. The van der Waals surface area contributed by atoms with Gasteiger partial charge in [-0.25, -0.2) is 4.98 Å². The molecule has 1 saturated heterocycles. The number of rotatable bonds is 4. The average Bonchev–Trinajstić information content (AvgIpc) is 2.77. The first-order valence-corrected chi connectivity index (χ1v) is 7.07. The van der Waals surface area contributed by atoms with E-state index in [4.69, 9.17) is 4.74 Å². The second-order valence-corrected chi connectivity index (χ2v) is 5.41. The Morgan fingerprint density at radius 2 is 2.40 bits per heavy atom. The van der Waals surface area contributed by atoms with Gasteiger partial charge >= 0.3 is 0 Å². The fourth-order valence-electron chi connectivity index (χ4n) is 1.89. The molecule has 1 aliphatic rings. The molecule has 2 rings (SSSR count). The number of thiazole rings is 1. The lowest BCUT2D eigenvalue weighted by Gasteiger charge is -2.23. The molecule has 0 aromatic carbocycles. The summed E-state index contributed by atoms with van der Waals surface area (Å²) >= 11 is 1.58. The van der Waals surface area contributed by atoms with Gasteiger partial charge in [0, 0.05) is 24.2 Å². The summed E-state index contributed by atoms with van der Waals surface area (Å²) in [5.41, 5.74) is 0.996. The number of amides is 1. The zero-order chi connectivity index (χ0) is 13.0. The van der Waals surface area contributed by atoms with Crippen LogP contribution < -0.4 is 10.6 Å². The molecule has 0 spiro atoms. The van der Waals surface area contributed by atoms with E-state index >= 15 is 0 Å². The molecule has 1 aromatic rings. The number of morpholine rings is 1. The van der Waals surface area contributed by atoms with Crippen molar-refractivity contribution in [3.8, 4) is 0 Å². The molecule has 0 saturated carbocycles. The molecule has 20 heavy (non-hydrogen) atoms. The summed E-state index contributed by atoms with van der Waals surface area (Å²) < 4.78 is 5.50. The molecular weight excluding hydrogens is 321 g/mol. The van der Waals surface area contributed by atoms with Crippen molar-refractivity contribution >= 4 is 42.1 Å². The van der Waals surface area contributed by atoms with Crippen molar-refractivity contribution in [2.75, 3.05) is 19.7 Å². The van der Waals surface area contributed by atoms with E-state index < -0.39 is 0 Å². The second-order valence-electron chi connectivity index (χ2n) is 4.52. The molecule has 2 unspecified atom stereocenters. The highest BCUT2D eigenvalue weighted by Gasteiger charge is 2.19. The van der Waals surface area contributed by atoms with E-state index in [0.717, 1.165) is 23.8 Å². The van der Waals surface area contributed by atoms with Gasteiger partial charge in [-0.3, -0.25) is 4.79 Å². The van der Waals surface area contributed by atoms with Crippen LogP contribution in [0.1, 0.15) is 30.1 Å². The Morgan fingerprint density at radius 1 is 1.65 bits per heavy atom. The number of halogens is 2. The third-order valence-electron chi connectivity index (χ3n) is 2.80. The first kappa shape index (κ1) is 19.6. The van der Waals surface area contributed by atoms with E-state index in [0.29, 0.717) is 13.0 Å². The van der Waals surface area contributed by atoms with Crippen LogP contribution in [0, 0.1) is 6.92 Å². The lowest BCUT2D eigenvalue weighted by Crippen LogP contribution is -2.41. The van der Waals surface area contributed by atoms with Crippen LogP contribution in [-0.2, 0) is 9.53 Å². The highest BCUT2D eigenvalue weighted by molar-refractivity contribution is 7.09. The Morgan fingerprint density at radius 3 is 2.95 bits per heavy atom. The van der Waals surface area contributed by atoms with Crippen molar-refractivity contribution in [3.05, 3.63) is 16.1 Å². The predicted octanol–water partition coefficient (Wildman–Crippen LogP) is 1.85. The van der Waals surface area contributed by atoms with Gasteiger partial charge in [0.2, 0.25) is 5.91 Å². The van der Waals surface area contributed by atoms with Crippen LogP contribution >= 0.6 is 36.2 Å². The van der Waals surface area contributed by atoms with Crippen molar-refractivity contribution in [1.29, 1.82) is 0 Å². The minimum atomic E-state index is -0.0345. The number of hydrogen-bond acceptors (Lipinski definition) is 5. The Kier molecular flexibility index (Phi) is 9.33. The molecule has 0 bridgehead atoms. The van der Waals surface area contributed by atoms with E-state index in [1.165, 1.54) is 0 Å². The Hall–Kier alpha value is -0.400. The van der Waals surface area contributed by atoms with Gasteiger partial charge in [-0.2, -0.15) is 0 Å². The van der Waals surface area contributed by atoms with Crippen LogP contribution in [-0.4, -0.2) is 36.7 Å². The highest BCUT2D eigenvalue weighted by Crippen LogP contribution is 2.17. The lowest BCUT2D eigenvalue weighted by molar-refractivity contribution is -0.125. The van der Waals surface area contributed by atoms with Gasteiger partial charge in [-0.05, 0) is 13.8 Å². The molecule has 1 fully saturated rings. The maximum atomic E-state index is 11.9. The largest absolute Gasteiger partial charge is 0.375 e. The van der Waals surface area contributed by atoms with Crippen molar-refractivity contribution in [2.24, 2.45) is 0 Å². The lowest BCUT2D eigenvalue weighted by atomic mass is 10.2. The molecule has 2 heterocycles. The van der Waals surface area contributed by atoms with Gasteiger partial charge in [0.05, 0.1) is 25.2 Å². The van der Waals surface area contributed by atoms with E-state index in [9.17, 15) is 4.79 Å². The highest BCUT2D eigenvalue weighted by atomic mass is 35.5. The Labute approximate surface area is 135 Å². The van der Waals surface area contributed by atoms with Crippen molar-refractivity contribution in [3.63, 3.8) is 0 Å². The Balaban J connectivity index is 0.00000180. The molecule has 1 amide bonds. The number of aryl methyl sites for hydroxylation is 1. The number of ether oxygens (including phenoxy) is 1. The van der Waals surface area contributed by atoms with Crippen LogP contribution in [0.2, 0.25) is 0 Å². The van der Waals surface area contributed by atoms with Gasteiger partial charge in [0.1, 0.15) is 5.01 Å². The predicted molar refractivity (Wildman–Crippen MR) is 85.1 cm³/mol. The molecule has 2 atom stereocenters. The quantitative estimate of drug-likeness (QED) is 0.877. The molecule has 5 nitrogen and oxygen atoms in total. The van der Waals surface area contributed by atoms with Gasteiger partial charge in [-0.1, -0.05) is 0 Å². The Bertz CT molecular complexity index is 411. The molecule has 1 aromatic heterocycles. The van der Waals surface area contributed by atoms with Gasteiger partial charge in [0.15, 0.2) is 0 Å². The molecule has 8 heteroatoms. The third-order valence-corrected chi connectivity index (χ3v) is 3.95.